The molecule has 0 amide bonds. The van der Waals surface area contributed by atoms with Crippen molar-refractivity contribution in [1.29, 1.82) is 0 Å². The highest BCUT2D eigenvalue weighted by molar-refractivity contribution is 5.63. The summed E-state index contributed by atoms with van der Waals surface area (Å²) in [6.07, 6.45) is 4.67. The van der Waals surface area contributed by atoms with Crippen molar-refractivity contribution < 1.29 is 4.74 Å². The molecule has 2 N–H and O–H groups in total. The first-order chi connectivity index (χ1) is 8.85. The predicted octanol–water partition coefficient (Wildman–Crippen LogP) is 0.929. The molecular weight excluding hydrogens is 232 g/mol. The molecular formula is C11H14N6O. The number of hydrogen-bond acceptors (Lipinski definition) is 7. The van der Waals surface area contributed by atoms with Crippen LogP contribution in [0.2, 0.25) is 0 Å². The number of nitrogens with zero attached hydrogens (tertiary/aromatic N) is 4. The van der Waals surface area contributed by atoms with Crippen molar-refractivity contribution in [2.24, 2.45) is 0 Å². The third-order valence-electron chi connectivity index (χ3n) is 2.32. The number of nitrogens with one attached hydrogen (secondary N) is 2. The molecule has 0 unspecified atom stereocenters. The summed E-state index contributed by atoms with van der Waals surface area (Å²) < 4.78 is 5.27. The van der Waals surface area contributed by atoms with Gasteiger partial charge >= 0.3 is 0 Å². The SMILES string of the molecule is CNc1ncnc(NCc2ccncn2)c1OC. The lowest BCUT2D eigenvalue weighted by molar-refractivity contribution is 0.415. The molecule has 2 aromatic heterocycles. The van der Waals surface area contributed by atoms with E-state index in [2.05, 4.69) is 30.6 Å². The summed E-state index contributed by atoms with van der Waals surface area (Å²) in [6, 6.07) is 1.83. The normalized spacial score (nSPS) is 9.89. The highest BCUT2D eigenvalue weighted by Gasteiger charge is 2.10. The van der Waals surface area contributed by atoms with Crippen LogP contribution in [0.3, 0.4) is 0 Å². The maximum atomic E-state index is 5.27. The molecule has 2 rings (SSSR count). The molecule has 0 bridgehead atoms. The zero-order valence-electron chi connectivity index (χ0n) is 10.2. The standard InChI is InChI=1S/C11H14N6O/c1-12-10-9(18-2)11(17-7-16-10)14-5-8-3-4-13-6-15-8/h3-4,6-7H,5H2,1-2H3,(H2,12,14,16,17). The van der Waals surface area contributed by atoms with Gasteiger partial charge in [0.05, 0.1) is 19.3 Å². The number of ether oxygens (including phenoxy) is 1. The van der Waals surface area contributed by atoms with E-state index in [-0.39, 0.29) is 0 Å². The zero-order valence-corrected chi connectivity index (χ0v) is 10.2. The average Bonchev–Trinajstić information content (AvgIpc) is 2.45. The van der Waals surface area contributed by atoms with Crippen LogP contribution in [0, 0.1) is 0 Å². The van der Waals surface area contributed by atoms with E-state index in [0.29, 0.717) is 23.9 Å². The quantitative estimate of drug-likeness (QED) is 0.811. The average molecular weight is 246 g/mol. The molecule has 0 saturated heterocycles. The van der Waals surface area contributed by atoms with Gasteiger partial charge in [-0.05, 0) is 6.07 Å². The Balaban J connectivity index is 2.14. The lowest BCUT2D eigenvalue weighted by atomic mass is 10.4. The number of methoxy groups -OCH3 is 1. The van der Waals surface area contributed by atoms with E-state index >= 15 is 0 Å². The molecule has 0 aliphatic heterocycles. The van der Waals surface area contributed by atoms with Crippen LogP contribution < -0.4 is 15.4 Å². The molecule has 0 aromatic carbocycles. The summed E-state index contributed by atoms with van der Waals surface area (Å²) in [7, 11) is 3.36. The number of rotatable bonds is 5. The van der Waals surface area contributed by atoms with Crippen molar-refractivity contribution in [2.45, 2.75) is 6.54 Å². The largest absolute Gasteiger partial charge is 0.490 e. The Hall–Kier alpha value is -2.44. The van der Waals surface area contributed by atoms with Crippen molar-refractivity contribution in [2.75, 3.05) is 24.8 Å². The Kier molecular flexibility index (Phi) is 3.85. The Labute approximate surface area is 105 Å². The van der Waals surface area contributed by atoms with Crippen molar-refractivity contribution in [3.05, 3.63) is 30.6 Å². The minimum Gasteiger partial charge on any atom is -0.490 e. The van der Waals surface area contributed by atoms with Gasteiger partial charge in [-0.1, -0.05) is 0 Å². The first-order valence-corrected chi connectivity index (χ1v) is 5.40. The van der Waals surface area contributed by atoms with Crippen molar-refractivity contribution in [3.63, 3.8) is 0 Å². The lowest BCUT2D eigenvalue weighted by Crippen LogP contribution is -2.07. The van der Waals surface area contributed by atoms with Gasteiger partial charge in [0.25, 0.3) is 0 Å². The highest BCUT2D eigenvalue weighted by atomic mass is 16.5. The smallest absolute Gasteiger partial charge is 0.204 e. The van der Waals surface area contributed by atoms with Crippen molar-refractivity contribution in [3.8, 4) is 5.75 Å². The lowest BCUT2D eigenvalue weighted by Gasteiger charge is -2.12. The van der Waals surface area contributed by atoms with E-state index in [1.54, 1.807) is 20.4 Å². The molecule has 2 heterocycles. The Morgan fingerprint density at radius 2 is 2.00 bits per heavy atom. The van der Waals surface area contributed by atoms with Gasteiger partial charge in [-0.25, -0.2) is 19.9 Å². The minimum absolute atomic E-state index is 0.541. The van der Waals surface area contributed by atoms with Crippen LogP contribution in [0.5, 0.6) is 5.75 Å². The zero-order chi connectivity index (χ0) is 12.8. The van der Waals surface area contributed by atoms with Gasteiger partial charge in [-0.2, -0.15) is 0 Å². The Bertz CT molecular complexity index is 504. The highest BCUT2D eigenvalue weighted by Crippen LogP contribution is 2.28. The molecule has 0 aliphatic rings. The summed E-state index contributed by atoms with van der Waals surface area (Å²) >= 11 is 0. The van der Waals surface area contributed by atoms with Gasteiger partial charge in [0.15, 0.2) is 11.6 Å². The van der Waals surface area contributed by atoms with Crippen LogP contribution in [-0.2, 0) is 6.54 Å². The Morgan fingerprint density at radius 3 is 2.67 bits per heavy atom. The van der Waals surface area contributed by atoms with E-state index in [1.807, 2.05) is 6.07 Å². The van der Waals surface area contributed by atoms with Crippen molar-refractivity contribution >= 4 is 11.6 Å². The fourth-order valence-corrected chi connectivity index (χ4v) is 1.47. The molecule has 0 radical (unpaired) electrons. The van der Waals surface area contributed by atoms with Crippen LogP contribution in [-0.4, -0.2) is 34.1 Å². The molecule has 0 aliphatic carbocycles. The predicted molar refractivity (Wildman–Crippen MR) is 67.5 cm³/mol. The maximum Gasteiger partial charge on any atom is 0.204 e. The summed E-state index contributed by atoms with van der Waals surface area (Å²) in [5, 5.41) is 6.09. The fourth-order valence-electron chi connectivity index (χ4n) is 1.47. The topological polar surface area (TPSA) is 84.9 Å². The molecule has 0 atom stereocenters. The summed E-state index contributed by atoms with van der Waals surface area (Å²) in [5.74, 6) is 1.84. The molecule has 0 saturated carbocycles. The summed E-state index contributed by atoms with van der Waals surface area (Å²) in [5.41, 5.74) is 0.872. The van der Waals surface area contributed by atoms with Gasteiger partial charge in [0.2, 0.25) is 5.75 Å². The second-order valence-electron chi connectivity index (χ2n) is 3.41. The Morgan fingerprint density at radius 1 is 1.17 bits per heavy atom. The van der Waals surface area contributed by atoms with E-state index < -0.39 is 0 Å². The molecule has 7 heteroatoms. The molecule has 7 nitrogen and oxygen atoms in total. The third kappa shape index (κ3) is 2.62. The van der Waals surface area contributed by atoms with Crippen LogP contribution >= 0.6 is 0 Å². The molecule has 0 fully saturated rings. The number of hydrogen-bond donors (Lipinski definition) is 2. The van der Waals surface area contributed by atoms with E-state index in [0.717, 1.165) is 5.69 Å². The summed E-state index contributed by atoms with van der Waals surface area (Å²) in [6.45, 7) is 0.541. The molecule has 2 aromatic rings. The molecule has 18 heavy (non-hydrogen) atoms. The van der Waals surface area contributed by atoms with Gasteiger partial charge in [0.1, 0.15) is 12.7 Å². The van der Waals surface area contributed by atoms with Gasteiger partial charge in [0, 0.05) is 13.2 Å². The van der Waals surface area contributed by atoms with Gasteiger partial charge < -0.3 is 15.4 Å². The van der Waals surface area contributed by atoms with Crippen LogP contribution in [0.25, 0.3) is 0 Å². The van der Waals surface area contributed by atoms with E-state index in [4.69, 9.17) is 4.74 Å². The van der Waals surface area contributed by atoms with Crippen LogP contribution in [0.1, 0.15) is 5.69 Å². The first kappa shape index (κ1) is 12.0. The fraction of sp³-hybridized carbons (Fsp3) is 0.273. The van der Waals surface area contributed by atoms with Crippen LogP contribution in [0.4, 0.5) is 11.6 Å². The first-order valence-electron chi connectivity index (χ1n) is 5.40. The number of anilines is 2. The maximum absolute atomic E-state index is 5.27. The monoisotopic (exact) mass is 246 g/mol. The molecule has 94 valence electrons. The summed E-state index contributed by atoms with van der Waals surface area (Å²) in [4.78, 5) is 16.2. The van der Waals surface area contributed by atoms with Crippen LogP contribution in [0.15, 0.2) is 24.9 Å². The van der Waals surface area contributed by atoms with E-state index in [1.165, 1.54) is 12.7 Å². The number of aromatic nitrogens is 4. The second kappa shape index (κ2) is 5.76. The second-order valence-corrected chi connectivity index (χ2v) is 3.41. The van der Waals surface area contributed by atoms with Gasteiger partial charge in [-0.3, -0.25) is 0 Å². The third-order valence-corrected chi connectivity index (χ3v) is 2.32. The van der Waals surface area contributed by atoms with E-state index in [9.17, 15) is 0 Å². The van der Waals surface area contributed by atoms with Crippen molar-refractivity contribution in [1.82, 2.24) is 19.9 Å². The minimum atomic E-state index is 0.541. The van der Waals surface area contributed by atoms with Gasteiger partial charge in [-0.15, -0.1) is 0 Å². The molecule has 0 spiro atoms.